The lowest BCUT2D eigenvalue weighted by atomic mass is 9.44. The second-order valence-electron chi connectivity index (χ2n) is 12.2. The minimum Gasteiger partial charge on any atom is -0.469 e. The zero-order chi connectivity index (χ0) is 21.1. The van der Waals surface area contributed by atoms with Gasteiger partial charge in [0.05, 0.1) is 18.0 Å². The zero-order valence-corrected chi connectivity index (χ0v) is 19.3. The van der Waals surface area contributed by atoms with Gasteiger partial charge in [0.1, 0.15) is 5.76 Å². The van der Waals surface area contributed by atoms with Crippen molar-refractivity contribution < 1.29 is 14.6 Å². The predicted molar refractivity (Wildman–Crippen MR) is 119 cm³/mol. The van der Waals surface area contributed by atoms with E-state index in [0.29, 0.717) is 11.3 Å². The monoisotopic (exact) mass is 414 g/mol. The maximum atomic E-state index is 11.6. The molecule has 3 heteroatoms. The molecular weight excluding hydrogens is 372 g/mol. The van der Waals surface area contributed by atoms with Crippen LogP contribution in [-0.4, -0.2) is 21.9 Å². The molecule has 0 amide bonds. The molecule has 0 aromatic carbocycles. The summed E-state index contributed by atoms with van der Waals surface area (Å²) in [7, 11) is 0. The van der Waals surface area contributed by atoms with E-state index in [4.69, 9.17) is 4.42 Å². The van der Waals surface area contributed by atoms with Crippen LogP contribution in [0, 0.1) is 40.4 Å². The summed E-state index contributed by atoms with van der Waals surface area (Å²) in [5.74, 6) is 4.52. The van der Waals surface area contributed by atoms with Crippen molar-refractivity contribution in [2.24, 2.45) is 40.4 Å². The molecule has 1 aromatic heterocycles. The number of aliphatic hydroxyl groups is 2. The van der Waals surface area contributed by atoms with Crippen LogP contribution in [0.1, 0.15) is 90.7 Å². The normalized spacial score (nSPS) is 47.8. The van der Waals surface area contributed by atoms with Gasteiger partial charge >= 0.3 is 0 Å². The third-order valence-electron chi connectivity index (χ3n) is 10.8. The Morgan fingerprint density at radius 2 is 1.80 bits per heavy atom. The first-order chi connectivity index (χ1) is 14.2. The second kappa shape index (κ2) is 7.37. The summed E-state index contributed by atoms with van der Waals surface area (Å²) >= 11 is 0. The fourth-order valence-electron chi connectivity index (χ4n) is 9.26. The summed E-state index contributed by atoms with van der Waals surface area (Å²) in [4.78, 5) is 0. The summed E-state index contributed by atoms with van der Waals surface area (Å²) < 4.78 is 5.53. The largest absolute Gasteiger partial charge is 0.469 e. The van der Waals surface area contributed by atoms with Crippen LogP contribution in [0.3, 0.4) is 0 Å². The first-order valence-corrected chi connectivity index (χ1v) is 12.7. The third-order valence-corrected chi connectivity index (χ3v) is 10.8. The fourth-order valence-corrected chi connectivity index (χ4v) is 9.26. The molecule has 0 saturated heterocycles. The molecule has 1 aromatic rings. The van der Waals surface area contributed by atoms with Gasteiger partial charge in [-0.2, -0.15) is 0 Å². The molecule has 168 valence electrons. The Labute approximate surface area is 182 Å². The van der Waals surface area contributed by atoms with E-state index >= 15 is 0 Å². The molecule has 4 saturated carbocycles. The van der Waals surface area contributed by atoms with Gasteiger partial charge in [0.15, 0.2) is 0 Å². The summed E-state index contributed by atoms with van der Waals surface area (Å²) in [6.45, 7) is 7.18. The summed E-state index contributed by atoms with van der Waals surface area (Å²) in [6, 6.07) is 3.97. The maximum Gasteiger partial charge on any atom is 0.103 e. The molecule has 0 radical (unpaired) electrons. The smallest absolute Gasteiger partial charge is 0.103 e. The van der Waals surface area contributed by atoms with Crippen LogP contribution >= 0.6 is 0 Å². The highest BCUT2D eigenvalue weighted by Crippen LogP contribution is 2.68. The van der Waals surface area contributed by atoms with Crippen LogP contribution in [0.4, 0.5) is 0 Å². The van der Waals surface area contributed by atoms with Crippen LogP contribution in [0.15, 0.2) is 22.8 Å². The van der Waals surface area contributed by atoms with E-state index in [0.717, 1.165) is 55.1 Å². The number of aryl methyl sites for hydroxylation is 1. The predicted octanol–water partition coefficient (Wildman–Crippen LogP) is 5.98. The molecule has 4 aliphatic rings. The molecule has 0 spiro atoms. The van der Waals surface area contributed by atoms with Crippen molar-refractivity contribution in [3.8, 4) is 0 Å². The molecule has 9 atom stereocenters. The van der Waals surface area contributed by atoms with E-state index in [2.05, 4.69) is 20.8 Å². The Hall–Kier alpha value is -0.800. The van der Waals surface area contributed by atoms with Gasteiger partial charge in [-0.25, -0.2) is 0 Å². The standard InChI is InChI=1S/C27H42O3/c1-25-13-10-19(28)17-18(25)6-7-21-22-8-9-24(26(22,2)14-12-23(21)25)27(3,29)15-11-20-5-4-16-30-20/h4-5,16,18-19,21-24,28-29H,6-15,17H2,1-3H3/t18?,19-,21-,22-,23-,24-,25-,26-,27+/m0/s1. The molecule has 1 heterocycles. The topological polar surface area (TPSA) is 53.6 Å². The van der Waals surface area contributed by atoms with E-state index in [1.165, 1.54) is 44.9 Å². The Kier molecular flexibility index (Phi) is 5.18. The summed E-state index contributed by atoms with van der Waals surface area (Å²) in [5.41, 5.74) is 0.0771. The van der Waals surface area contributed by atoms with Crippen LogP contribution in [0.5, 0.6) is 0 Å². The van der Waals surface area contributed by atoms with Gasteiger partial charge in [-0.1, -0.05) is 13.8 Å². The van der Waals surface area contributed by atoms with E-state index in [9.17, 15) is 10.2 Å². The highest BCUT2D eigenvalue weighted by atomic mass is 16.3. The number of aliphatic hydroxyl groups excluding tert-OH is 1. The maximum absolute atomic E-state index is 11.6. The lowest BCUT2D eigenvalue weighted by Gasteiger charge is -2.61. The van der Waals surface area contributed by atoms with Crippen LogP contribution < -0.4 is 0 Å². The number of hydrogen-bond acceptors (Lipinski definition) is 3. The average molecular weight is 415 g/mol. The van der Waals surface area contributed by atoms with Crippen LogP contribution in [-0.2, 0) is 6.42 Å². The molecule has 0 bridgehead atoms. The van der Waals surface area contributed by atoms with Gasteiger partial charge in [-0.15, -0.1) is 0 Å². The zero-order valence-electron chi connectivity index (χ0n) is 19.3. The lowest BCUT2D eigenvalue weighted by Crippen LogP contribution is -2.55. The van der Waals surface area contributed by atoms with E-state index < -0.39 is 5.60 Å². The van der Waals surface area contributed by atoms with E-state index in [-0.39, 0.29) is 11.5 Å². The minimum atomic E-state index is -0.626. The fraction of sp³-hybridized carbons (Fsp3) is 0.852. The Morgan fingerprint density at radius 1 is 1.03 bits per heavy atom. The van der Waals surface area contributed by atoms with Crippen molar-refractivity contribution in [2.75, 3.05) is 0 Å². The van der Waals surface area contributed by atoms with Gasteiger partial charge < -0.3 is 14.6 Å². The molecule has 2 N–H and O–H groups in total. The molecule has 5 rings (SSSR count). The SMILES string of the molecule is C[C@]12CC[C@H]3[C@@H](CCC4C[C@@H](O)CC[C@@]43C)[C@@H]1CC[C@@H]2[C@](C)(O)CCc1ccco1. The van der Waals surface area contributed by atoms with Crippen LogP contribution in [0.25, 0.3) is 0 Å². The number of fused-ring (bicyclic) bond motifs is 5. The van der Waals surface area contributed by atoms with E-state index in [1.807, 2.05) is 12.1 Å². The van der Waals surface area contributed by atoms with Crippen molar-refractivity contribution in [2.45, 2.75) is 103 Å². The lowest BCUT2D eigenvalue weighted by molar-refractivity contribution is -0.144. The van der Waals surface area contributed by atoms with E-state index in [1.54, 1.807) is 6.26 Å². The Bertz CT molecular complexity index is 739. The van der Waals surface area contributed by atoms with Crippen molar-refractivity contribution in [1.82, 2.24) is 0 Å². The van der Waals surface area contributed by atoms with Gasteiger partial charge in [0.2, 0.25) is 0 Å². The van der Waals surface area contributed by atoms with Gasteiger partial charge in [0, 0.05) is 6.42 Å². The molecule has 4 fully saturated rings. The Morgan fingerprint density at radius 3 is 2.57 bits per heavy atom. The first-order valence-electron chi connectivity index (χ1n) is 12.7. The summed E-state index contributed by atoms with van der Waals surface area (Å²) in [5, 5.41) is 21.9. The van der Waals surface area contributed by atoms with Crippen molar-refractivity contribution in [1.29, 1.82) is 0 Å². The van der Waals surface area contributed by atoms with Crippen molar-refractivity contribution in [3.63, 3.8) is 0 Å². The number of rotatable bonds is 4. The summed E-state index contributed by atoms with van der Waals surface area (Å²) in [6.07, 6.45) is 14.3. The van der Waals surface area contributed by atoms with Crippen LogP contribution in [0.2, 0.25) is 0 Å². The quantitative estimate of drug-likeness (QED) is 0.637. The Balaban J connectivity index is 1.34. The average Bonchev–Trinajstić information content (AvgIpc) is 3.34. The number of furan rings is 1. The highest BCUT2D eigenvalue weighted by molar-refractivity contribution is 5.12. The van der Waals surface area contributed by atoms with Gasteiger partial charge in [0.25, 0.3) is 0 Å². The first kappa shape index (κ1) is 21.1. The molecule has 3 nitrogen and oxygen atoms in total. The molecule has 1 unspecified atom stereocenters. The third kappa shape index (κ3) is 3.22. The molecule has 0 aliphatic heterocycles. The van der Waals surface area contributed by atoms with Gasteiger partial charge in [-0.05, 0) is 124 Å². The highest BCUT2D eigenvalue weighted by Gasteiger charge is 2.62. The van der Waals surface area contributed by atoms with Crippen molar-refractivity contribution in [3.05, 3.63) is 24.2 Å². The molecule has 4 aliphatic carbocycles. The van der Waals surface area contributed by atoms with Crippen molar-refractivity contribution >= 4 is 0 Å². The molecule has 30 heavy (non-hydrogen) atoms. The number of hydrogen-bond donors (Lipinski definition) is 2. The van der Waals surface area contributed by atoms with Gasteiger partial charge in [-0.3, -0.25) is 0 Å². The minimum absolute atomic E-state index is 0.0615. The second-order valence-corrected chi connectivity index (χ2v) is 12.2. The molecular formula is C27H42O3.